The van der Waals surface area contributed by atoms with Gasteiger partial charge < -0.3 is 10.4 Å². The maximum Gasteiger partial charge on any atom is 0.224 e. The summed E-state index contributed by atoms with van der Waals surface area (Å²) in [5.74, 6) is 0.279. The van der Waals surface area contributed by atoms with Crippen LogP contribution >= 0.6 is 0 Å². The van der Waals surface area contributed by atoms with Gasteiger partial charge in [-0.05, 0) is 30.7 Å². The molecule has 1 aromatic carbocycles. The van der Waals surface area contributed by atoms with E-state index in [-0.39, 0.29) is 11.7 Å². The summed E-state index contributed by atoms with van der Waals surface area (Å²) in [5, 5.41) is 12.1. The van der Waals surface area contributed by atoms with E-state index in [0.717, 1.165) is 18.5 Å². The van der Waals surface area contributed by atoms with Gasteiger partial charge in [0.15, 0.2) is 0 Å². The molecular weight excluding hydrogens is 298 g/mol. The molecule has 0 fully saturated rings. The highest BCUT2D eigenvalue weighted by Crippen LogP contribution is 2.15. The second-order valence-corrected chi connectivity index (χ2v) is 6.73. The van der Waals surface area contributed by atoms with E-state index in [4.69, 9.17) is 0 Å². The molecule has 0 aliphatic carbocycles. The van der Waals surface area contributed by atoms with Crippen LogP contribution in [0.25, 0.3) is 0 Å². The maximum absolute atomic E-state index is 11.8. The van der Waals surface area contributed by atoms with Gasteiger partial charge in [-0.1, -0.05) is 77.6 Å². The van der Waals surface area contributed by atoms with Crippen molar-refractivity contribution in [2.24, 2.45) is 0 Å². The molecule has 3 heteroatoms. The SMILES string of the molecule is CCCCCCCCCCCCCCC(=O)Nc1ccc(O)cc1. The van der Waals surface area contributed by atoms with Gasteiger partial charge in [-0.2, -0.15) is 0 Å². The quantitative estimate of drug-likeness (QED) is 0.305. The number of carbonyl (C=O) groups is 1. The minimum Gasteiger partial charge on any atom is -0.508 e. The number of hydrogen-bond donors (Lipinski definition) is 2. The van der Waals surface area contributed by atoms with Gasteiger partial charge in [0.05, 0.1) is 0 Å². The second-order valence-electron chi connectivity index (χ2n) is 6.73. The lowest BCUT2D eigenvalue weighted by molar-refractivity contribution is -0.116. The number of amides is 1. The van der Waals surface area contributed by atoms with Gasteiger partial charge in [-0.15, -0.1) is 0 Å². The van der Waals surface area contributed by atoms with Gasteiger partial charge in [0.2, 0.25) is 5.91 Å². The number of anilines is 1. The van der Waals surface area contributed by atoms with Crippen LogP contribution in [-0.4, -0.2) is 11.0 Å². The summed E-state index contributed by atoms with van der Waals surface area (Å²) in [6.45, 7) is 2.26. The molecule has 0 saturated heterocycles. The van der Waals surface area contributed by atoms with E-state index in [2.05, 4.69) is 12.2 Å². The Kier molecular flexibility index (Phi) is 11.9. The van der Waals surface area contributed by atoms with E-state index in [0.29, 0.717) is 6.42 Å². The molecule has 1 rings (SSSR count). The van der Waals surface area contributed by atoms with E-state index in [1.807, 2.05) is 0 Å². The van der Waals surface area contributed by atoms with Gasteiger partial charge >= 0.3 is 0 Å². The molecule has 1 amide bonds. The van der Waals surface area contributed by atoms with Crippen LogP contribution in [0.3, 0.4) is 0 Å². The first-order valence-corrected chi connectivity index (χ1v) is 9.81. The fourth-order valence-electron chi connectivity index (χ4n) is 2.89. The lowest BCUT2D eigenvalue weighted by Crippen LogP contribution is -2.10. The molecule has 1 aromatic rings. The average Bonchev–Trinajstić information content (AvgIpc) is 2.58. The van der Waals surface area contributed by atoms with Gasteiger partial charge in [-0.25, -0.2) is 0 Å². The van der Waals surface area contributed by atoms with Crippen molar-refractivity contribution < 1.29 is 9.90 Å². The molecule has 0 aliphatic heterocycles. The van der Waals surface area contributed by atoms with Crippen LogP contribution in [0.4, 0.5) is 5.69 Å². The van der Waals surface area contributed by atoms with E-state index >= 15 is 0 Å². The number of aromatic hydroxyl groups is 1. The molecule has 136 valence electrons. The summed E-state index contributed by atoms with van der Waals surface area (Å²) < 4.78 is 0. The fourth-order valence-corrected chi connectivity index (χ4v) is 2.89. The zero-order chi connectivity index (χ0) is 17.5. The number of nitrogens with one attached hydrogen (secondary N) is 1. The lowest BCUT2D eigenvalue weighted by Gasteiger charge is -2.05. The molecule has 0 saturated carbocycles. The number of phenols is 1. The van der Waals surface area contributed by atoms with Crippen molar-refractivity contribution >= 4 is 11.6 Å². The number of phenolic OH excluding ortho intramolecular Hbond substituents is 1. The Morgan fingerprint density at radius 1 is 0.792 bits per heavy atom. The minimum absolute atomic E-state index is 0.0627. The Hall–Kier alpha value is -1.51. The number of benzene rings is 1. The first-order chi connectivity index (χ1) is 11.7. The van der Waals surface area contributed by atoms with Crippen LogP contribution in [0.2, 0.25) is 0 Å². The summed E-state index contributed by atoms with van der Waals surface area (Å²) >= 11 is 0. The van der Waals surface area contributed by atoms with Gasteiger partial charge in [0, 0.05) is 12.1 Å². The highest BCUT2D eigenvalue weighted by molar-refractivity contribution is 5.90. The van der Waals surface area contributed by atoms with Gasteiger partial charge in [-0.3, -0.25) is 4.79 Å². The van der Waals surface area contributed by atoms with Crippen LogP contribution in [-0.2, 0) is 4.79 Å². The molecule has 0 aromatic heterocycles. The number of unbranched alkanes of at least 4 members (excludes halogenated alkanes) is 11. The molecular formula is C21H35NO2. The minimum atomic E-state index is 0.0627. The van der Waals surface area contributed by atoms with Crippen molar-refractivity contribution in [1.29, 1.82) is 0 Å². The predicted octanol–water partition coefficient (Wildman–Crippen LogP) is 6.42. The van der Waals surface area contributed by atoms with E-state index < -0.39 is 0 Å². The second kappa shape index (κ2) is 13.9. The maximum atomic E-state index is 11.8. The highest BCUT2D eigenvalue weighted by atomic mass is 16.3. The summed E-state index contributed by atoms with van der Waals surface area (Å²) in [6, 6.07) is 6.60. The average molecular weight is 334 g/mol. The third-order valence-corrected chi connectivity index (χ3v) is 4.41. The first kappa shape index (κ1) is 20.5. The van der Waals surface area contributed by atoms with Crippen molar-refractivity contribution in [2.45, 2.75) is 90.4 Å². The van der Waals surface area contributed by atoms with Crippen molar-refractivity contribution in [1.82, 2.24) is 0 Å². The molecule has 24 heavy (non-hydrogen) atoms. The van der Waals surface area contributed by atoms with Crippen molar-refractivity contribution in [3.8, 4) is 5.75 Å². The number of rotatable bonds is 14. The van der Waals surface area contributed by atoms with Crippen molar-refractivity contribution in [3.05, 3.63) is 24.3 Å². The molecule has 3 nitrogen and oxygen atoms in total. The third-order valence-electron chi connectivity index (χ3n) is 4.41. The van der Waals surface area contributed by atoms with Crippen LogP contribution in [0.5, 0.6) is 5.75 Å². The Morgan fingerprint density at radius 3 is 1.75 bits per heavy atom. The molecule has 0 aliphatic rings. The van der Waals surface area contributed by atoms with Crippen LogP contribution in [0, 0.1) is 0 Å². The monoisotopic (exact) mass is 333 g/mol. The van der Waals surface area contributed by atoms with Crippen LogP contribution in [0.1, 0.15) is 90.4 Å². The number of hydrogen-bond acceptors (Lipinski definition) is 2. The zero-order valence-electron chi connectivity index (χ0n) is 15.4. The van der Waals surface area contributed by atoms with Crippen LogP contribution < -0.4 is 5.32 Å². The lowest BCUT2D eigenvalue weighted by atomic mass is 10.0. The number of carbonyl (C=O) groups excluding carboxylic acids is 1. The fraction of sp³-hybridized carbons (Fsp3) is 0.667. The van der Waals surface area contributed by atoms with Crippen LogP contribution in [0.15, 0.2) is 24.3 Å². The molecule has 0 radical (unpaired) electrons. The van der Waals surface area contributed by atoms with E-state index in [1.54, 1.807) is 24.3 Å². The van der Waals surface area contributed by atoms with E-state index in [1.165, 1.54) is 64.2 Å². The van der Waals surface area contributed by atoms with Crippen molar-refractivity contribution in [2.75, 3.05) is 5.32 Å². The third kappa shape index (κ3) is 11.1. The summed E-state index contributed by atoms with van der Waals surface area (Å²) in [5.41, 5.74) is 0.747. The Labute approximate surface area is 147 Å². The first-order valence-electron chi connectivity index (χ1n) is 9.81. The molecule has 0 bridgehead atoms. The van der Waals surface area contributed by atoms with Gasteiger partial charge in [0.25, 0.3) is 0 Å². The zero-order valence-corrected chi connectivity index (χ0v) is 15.4. The Bertz CT molecular complexity index is 428. The molecule has 2 N–H and O–H groups in total. The van der Waals surface area contributed by atoms with E-state index in [9.17, 15) is 9.90 Å². The smallest absolute Gasteiger partial charge is 0.224 e. The Morgan fingerprint density at radius 2 is 1.25 bits per heavy atom. The normalized spacial score (nSPS) is 10.7. The van der Waals surface area contributed by atoms with Gasteiger partial charge in [0.1, 0.15) is 5.75 Å². The predicted molar refractivity (Wildman–Crippen MR) is 102 cm³/mol. The summed E-state index contributed by atoms with van der Waals surface area (Å²) in [4.78, 5) is 11.8. The molecule has 0 unspecified atom stereocenters. The largest absolute Gasteiger partial charge is 0.508 e. The Balaban J connectivity index is 1.87. The molecule has 0 heterocycles. The molecule has 0 spiro atoms. The van der Waals surface area contributed by atoms with Crippen molar-refractivity contribution in [3.63, 3.8) is 0 Å². The summed E-state index contributed by atoms with van der Waals surface area (Å²) in [6.07, 6.45) is 16.2. The standard InChI is InChI=1S/C21H35NO2/c1-2-3-4-5-6-7-8-9-10-11-12-13-14-21(24)22-19-15-17-20(23)18-16-19/h15-18,23H,2-14H2,1H3,(H,22,24). The summed E-state index contributed by atoms with van der Waals surface area (Å²) in [7, 11) is 0. The highest BCUT2D eigenvalue weighted by Gasteiger charge is 2.02. The molecule has 0 atom stereocenters. The topological polar surface area (TPSA) is 49.3 Å².